The first-order valence-electron chi connectivity index (χ1n) is 8.48. The molecule has 0 bridgehead atoms. The summed E-state index contributed by atoms with van der Waals surface area (Å²) in [6, 6.07) is 8.91. The minimum atomic E-state index is -0.421. The lowest BCUT2D eigenvalue weighted by molar-refractivity contribution is -0.140. The number of pyridine rings is 1. The normalized spacial score (nSPS) is 15.5. The molecule has 0 radical (unpaired) electrons. The molecule has 1 saturated heterocycles. The zero-order valence-corrected chi connectivity index (χ0v) is 14.8. The van der Waals surface area contributed by atoms with Gasteiger partial charge in [0.2, 0.25) is 5.91 Å². The number of piperazine rings is 1. The van der Waals surface area contributed by atoms with Crippen molar-refractivity contribution in [2.75, 3.05) is 26.2 Å². The van der Waals surface area contributed by atoms with E-state index in [1.165, 1.54) is 0 Å². The Morgan fingerprint density at radius 2 is 1.60 bits per heavy atom. The quantitative estimate of drug-likeness (QED) is 0.860. The van der Waals surface area contributed by atoms with Crippen LogP contribution in [0.1, 0.15) is 31.3 Å². The highest BCUT2D eigenvalue weighted by atomic mass is 16.2. The molecule has 1 fully saturated rings. The molecule has 2 aromatic rings. The van der Waals surface area contributed by atoms with Gasteiger partial charge < -0.3 is 14.8 Å². The molecule has 0 aliphatic carbocycles. The number of carbonyl (C=O) groups is 2. The van der Waals surface area contributed by atoms with Gasteiger partial charge in [-0.05, 0) is 17.5 Å². The Morgan fingerprint density at radius 1 is 1.00 bits per heavy atom. The summed E-state index contributed by atoms with van der Waals surface area (Å²) in [6.07, 6.45) is 0. The molecule has 1 aliphatic rings. The number of rotatable bonds is 1. The van der Waals surface area contributed by atoms with E-state index in [-0.39, 0.29) is 17.4 Å². The fraction of sp³-hybridized carbons (Fsp3) is 0.421. The predicted molar refractivity (Wildman–Crippen MR) is 96.5 cm³/mol. The minimum absolute atomic E-state index is 0.0960. The first kappa shape index (κ1) is 17.2. The lowest BCUT2D eigenvalue weighted by Gasteiger charge is -2.37. The van der Waals surface area contributed by atoms with Gasteiger partial charge in [0, 0.05) is 37.0 Å². The number of hydrogen-bond acceptors (Lipinski definition) is 3. The van der Waals surface area contributed by atoms with E-state index in [0.717, 1.165) is 5.39 Å². The number of fused-ring (bicyclic) bond motifs is 1. The van der Waals surface area contributed by atoms with Crippen molar-refractivity contribution < 1.29 is 9.59 Å². The number of H-pyrrole nitrogens is 1. The average molecular weight is 341 g/mol. The summed E-state index contributed by atoms with van der Waals surface area (Å²) in [5.41, 5.74) is -0.391. The molecule has 1 aromatic carbocycles. The molecular formula is C19H23N3O3. The van der Waals surface area contributed by atoms with Gasteiger partial charge in [0.25, 0.3) is 11.5 Å². The number of aromatic amines is 1. The molecule has 0 spiro atoms. The molecule has 0 atom stereocenters. The monoisotopic (exact) mass is 341 g/mol. The molecule has 6 nitrogen and oxygen atoms in total. The molecule has 6 heteroatoms. The Hall–Kier alpha value is -2.63. The van der Waals surface area contributed by atoms with Gasteiger partial charge in [-0.1, -0.05) is 39.0 Å². The highest BCUT2D eigenvalue weighted by Gasteiger charge is 2.31. The third-order valence-electron chi connectivity index (χ3n) is 4.48. The largest absolute Gasteiger partial charge is 0.339 e. The summed E-state index contributed by atoms with van der Waals surface area (Å²) in [5, 5.41) is 1.32. The minimum Gasteiger partial charge on any atom is -0.339 e. The standard InChI is InChI=1S/C19H23N3O3/c1-19(2,3)18(25)22-10-8-21(9-11-22)17(24)15-12-13-6-4-5-7-14(13)16(23)20-15/h4-7,12H,8-11H2,1-3H3,(H,20,23). The number of amides is 2. The van der Waals surface area contributed by atoms with Crippen LogP contribution in [0.2, 0.25) is 0 Å². The summed E-state index contributed by atoms with van der Waals surface area (Å²) in [7, 11) is 0. The molecule has 1 aliphatic heterocycles. The Kier molecular flexibility index (Phi) is 4.37. The van der Waals surface area contributed by atoms with E-state index < -0.39 is 5.41 Å². The van der Waals surface area contributed by atoms with Gasteiger partial charge in [0.15, 0.2) is 0 Å². The van der Waals surface area contributed by atoms with Crippen LogP contribution >= 0.6 is 0 Å². The highest BCUT2D eigenvalue weighted by Crippen LogP contribution is 2.19. The lowest BCUT2D eigenvalue weighted by atomic mass is 9.94. The van der Waals surface area contributed by atoms with E-state index in [2.05, 4.69) is 4.98 Å². The average Bonchev–Trinajstić information content (AvgIpc) is 2.60. The second-order valence-corrected chi connectivity index (χ2v) is 7.43. The van der Waals surface area contributed by atoms with E-state index in [1.54, 1.807) is 28.0 Å². The van der Waals surface area contributed by atoms with Gasteiger partial charge >= 0.3 is 0 Å². The van der Waals surface area contributed by atoms with Gasteiger partial charge in [0.05, 0.1) is 0 Å². The van der Waals surface area contributed by atoms with Crippen molar-refractivity contribution in [2.45, 2.75) is 20.8 Å². The van der Waals surface area contributed by atoms with Crippen molar-refractivity contribution in [1.82, 2.24) is 14.8 Å². The summed E-state index contributed by atoms with van der Waals surface area (Å²) in [4.78, 5) is 43.4. The highest BCUT2D eigenvalue weighted by molar-refractivity contribution is 5.96. The zero-order chi connectivity index (χ0) is 18.2. The van der Waals surface area contributed by atoms with E-state index in [4.69, 9.17) is 0 Å². The van der Waals surface area contributed by atoms with Crippen LogP contribution in [0.4, 0.5) is 0 Å². The molecule has 0 saturated carbocycles. The van der Waals surface area contributed by atoms with Crippen molar-refractivity contribution in [3.8, 4) is 0 Å². The third kappa shape index (κ3) is 3.43. The van der Waals surface area contributed by atoms with Crippen LogP contribution < -0.4 is 5.56 Å². The molecule has 2 heterocycles. The Morgan fingerprint density at radius 3 is 2.24 bits per heavy atom. The Balaban J connectivity index is 1.75. The summed E-state index contributed by atoms with van der Waals surface area (Å²) in [5.74, 6) is -0.107. The second kappa shape index (κ2) is 6.35. The number of carbonyl (C=O) groups excluding carboxylic acids is 2. The summed E-state index contributed by atoms with van der Waals surface area (Å²) < 4.78 is 0. The second-order valence-electron chi connectivity index (χ2n) is 7.43. The van der Waals surface area contributed by atoms with Crippen molar-refractivity contribution in [1.29, 1.82) is 0 Å². The van der Waals surface area contributed by atoms with Gasteiger partial charge in [-0.2, -0.15) is 0 Å². The molecule has 0 unspecified atom stereocenters. The molecule has 1 aromatic heterocycles. The maximum absolute atomic E-state index is 12.7. The van der Waals surface area contributed by atoms with Crippen LogP contribution in [0.5, 0.6) is 0 Å². The molecule has 25 heavy (non-hydrogen) atoms. The number of benzene rings is 1. The fourth-order valence-electron chi connectivity index (χ4n) is 3.08. The van der Waals surface area contributed by atoms with Crippen molar-refractivity contribution in [3.63, 3.8) is 0 Å². The molecule has 2 amide bonds. The van der Waals surface area contributed by atoms with Crippen molar-refractivity contribution in [2.24, 2.45) is 5.41 Å². The zero-order valence-electron chi connectivity index (χ0n) is 14.8. The summed E-state index contributed by atoms with van der Waals surface area (Å²) >= 11 is 0. The van der Waals surface area contributed by atoms with Crippen LogP contribution in [0.15, 0.2) is 35.1 Å². The van der Waals surface area contributed by atoms with Gasteiger partial charge in [0.1, 0.15) is 5.69 Å². The molecule has 1 N–H and O–H groups in total. The van der Waals surface area contributed by atoms with E-state index >= 15 is 0 Å². The summed E-state index contributed by atoms with van der Waals surface area (Å²) in [6.45, 7) is 7.65. The van der Waals surface area contributed by atoms with E-state index in [1.807, 2.05) is 32.9 Å². The van der Waals surface area contributed by atoms with Crippen molar-refractivity contribution >= 4 is 22.6 Å². The Bertz CT molecular complexity index is 871. The van der Waals surface area contributed by atoms with Crippen LogP contribution in [0, 0.1) is 5.41 Å². The molecule has 3 rings (SSSR count). The van der Waals surface area contributed by atoms with Crippen LogP contribution in [-0.2, 0) is 4.79 Å². The van der Waals surface area contributed by atoms with Gasteiger partial charge in [-0.3, -0.25) is 14.4 Å². The maximum Gasteiger partial charge on any atom is 0.270 e. The number of hydrogen-bond donors (Lipinski definition) is 1. The smallest absolute Gasteiger partial charge is 0.270 e. The molecule has 132 valence electrons. The van der Waals surface area contributed by atoms with Crippen LogP contribution in [0.25, 0.3) is 10.8 Å². The lowest BCUT2D eigenvalue weighted by Crippen LogP contribution is -2.53. The first-order valence-corrected chi connectivity index (χ1v) is 8.48. The third-order valence-corrected chi connectivity index (χ3v) is 4.48. The Labute approximate surface area is 146 Å². The SMILES string of the molecule is CC(C)(C)C(=O)N1CCN(C(=O)c2cc3ccccc3c(=O)[nH]2)CC1. The van der Waals surface area contributed by atoms with Crippen molar-refractivity contribution in [3.05, 3.63) is 46.4 Å². The van der Waals surface area contributed by atoms with Crippen LogP contribution in [-0.4, -0.2) is 52.8 Å². The van der Waals surface area contributed by atoms with Gasteiger partial charge in [-0.15, -0.1) is 0 Å². The maximum atomic E-state index is 12.7. The number of aromatic nitrogens is 1. The van der Waals surface area contributed by atoms with E-state index in [0.29, 0.717) is 37.3 Å². The molecular weight excluding hydrogens is 318 g/mol. The first-order chi connectivity index (χ1) is 11.8. The number of nitrogens with zero attached hydrogens (tertiary/aromatic N) is 2. The topological polar surface area (TPSA) is 73.5 Å². The van der Waals surface area contributed by atoms with E-state index in [9.17, 15) is 14.4 Å². The fourth-order valence-corrected chi connectivity index (χ4v) is 3.08. The number of nitrogens with one attached hydrogen (secondary N) is 1. The van der Waals surface area contributed by atoms with Gasteiger partial charge in [-0.25, -0.2) is 0 Å². The van der Waals surface area contributed by atoms with Crippen LogP contribution in [0.3, 0.4) is 0 Å². The predicted octanol–water partition coefficient (Wildman–Crippen LogP) is 1.86.